The van der Waals surface area contributed by atoms with Gasteiger partial charge in [0.1, 0.15) is 0 Å². The first-order valence-corrected chi connectivity index (χ1v) is 4.68. The highest BCUT2D eigenvalue weighted by atomic mass is 79.9. The Morgan fingerprint density at radius 1 is 1.75 bits per heavy atom. The topological polar surface area (TPSA) is 39.9 Å². The Kier molecular flexibility index (Phi) is 3.68. The van der Waals surface area contributed by atoms with Crippen LogP contribution in [0.3, 0.4) is 0 Å². The van der Waals surface area contributed by atoms with E-state index in [4.69, 9.17) is 4.74 Å². The largest absolute Gasteiger partial charge is 0.383 e. The van der Waals surface area contributed by atoms with Crippen LogP contribution in [0.5, 0.6) is 0 Å². The second kappa shape index (κ2) is 4.57. The molecule has 1 unspecified atom stereocenters. The number of aromatic nitrogens is 3. The summed E-state index contributed by atoms with van der Waals surface area (Å²) in [5.41, 5.74) is 0.950. The molecule has 0 saturated carbocycles. The minimum atomic E-state index is 0.258. The van der Waals surface area contributed by atoms with Crippen molar-refractivity contribution in [2.45, 2.75) is 18.3 Å². The Hall–Kier alpha value is -0.420. The molecule has 1 aromatic rings. The molecular formula is C7H12BrN3O. The van der Waals surface area contributed by atoms with E-state index < -0.39 is 0 Å². The fraction of sp³-hybridized carbons (Fsp3) is 0.714. The molecule has 1 rings (SSSR count). The number of nitrogens with zero attached hydrogens (tertiary/aromatic N) is 3. The minimum Gasteiger partial charge on any atom is -0.383 e. The van der Waals surface area contributed by atoms with Crippen LogP contribution in [0.4, 0.5) is 0 Å². The highest BCUT2D eigenvalue weighted by molar-refractivity contribution is 9.09. The van der Waals surface area contributed by atoms with E-state index >= 15 is 0 Å². The molecule has 0 radical (unpaired) electrons. The van der Waals surface area contributed by atoms with Gasteiger partial charge in [-0.1, -0.05) is 21.1 Å². The van der Waals surface area contributed by atoms with Gasteiger partial charge in [-0.3, -0.25) is 0 Å². The molecule has 0 spiro atoms. The Labute approximate surface area is 80.0 Å². The minimum absolute atomic E-state index is 0.258. The van der Waals surface area contributed by atoms with E-state index in [1.165, 1.54) is 0 Å². The molecule has 0 saturated heterocycles. The fourth-order valence-electron chi connectivity index (χ4n) is 0.790. The fourth-order valence-corrected chi connectivity index (χ4v) is 1.000. The van der Waals surface area contributed by atoms with Gasteiger partial charge in [0, 0.05) is 13.3 Å². The van der Waals surface area contributed by atoms with Crippen molar-refractivity contribution in [3.8, 4) is 0 Å². The van der Waals surface area contributed by atoms with Crippen LogP contribution in [0.25, 0.3) is 0 Å². The molecule has 0 bridgehead atoms. The van der Waals surface area contributed by atoms with Crippen molar-refractivity contribution >= 4 is 15.9 Å². The first-order chi connectivity index (χ1) is 5.74. The third-order valence-corrected chi connectivity index (χ3v) is 1.96. The van der Waals surface area contributed by atoms with E-state index in [0.717, 1.165) is 12.2 Å². The first-order valence-electron chi connectivity index (χ1n) is 3.77. The zero-order valence-corrected chi connectivity index (χ0v) is 8.78. The zero-order valence-electron chi connectivity index (χ0n) is 7.20. The van der Waals surface area contributed by atoms with E-state index in [2.05, 4.69) is 26.2 Å². The summed E-state index contributed by atoms with van der Waals surface area (Å²) >= 11 is 3.42. The van der Waals surface area contributed by atoms with Gasteiger partial charge in [-0.25, -0.2) is 4.68 Å². The van der Waals surface area contributed by atoms with Gasteiger partial charge in [-0.2, -0.15) is 0 Å². The van der Waals surface area contributed by atoms with Gasteiger partial charge in [0.15, 0.2) is 0 Å². The summed E-state index contributed by atoms with van der Waals surface area (Å²) in [5.74, 6) is 0. The molecule has 5 heteroatoms. The maximum atomic E-state index is 4.92. The van der Waals surface area contributed by atoms with Crippen molar-refractivity contribution in [2.75, 3.05) is 13.7 Å². The second-order valence-electron chi connectivity index (χ2n) is 2.52. The number of halogens is 1. The lowest BCUT2D eigenvalue weighted by atomic mass is 10.4. The standard InChI is InChI=1S/C7H12BrN3O/c1-6(8)7-5-11(10-9-7)3-4-12-2/h5-6H,3-4H2,1-2H3. The smallest absolute Gasteiger partial charge is 0.0960 e. The van der Waals surface area contributed by atoms with Gasteiger partial charge in [0.25, 0.3) is 0 Å². The van der Waals surface area contributed by atoms with Crippen molar-refractivity contribution in [1.82, 2.24) is 15.0 Å². The third-order valence-electron chi connectivity index (χ3n) is 1.49. The highest BCUT2D eigenvalue weighted by Gasteiger charge is 2.05. The predicted octanol–water partition coefficient (Wildman–Crippen LogP) is 1.38. The van der Waals surface area contributed by atoms with E-state index in [1.54, 1.807) is 11.8 Å². The molecule has 12 heavy (non-hydrogen) atoms. The van der Waals surface area contributed by atoms with Crippen LogP contribution in [0.15, 0.2) is 6.20 Å². The molecule has 0 aromatic carbocycles. The average Bonchev–Trinajstić information content (AvgIpc) is 2.48. The summed E-state index contributed by atoms with van der Waals surface area (Å²) in [5, 5.41) is 7.91. The molecule has 1 atom stereocenters. The lowest BCUT2D eigenvalue weighted by Crippen LogP contribution is -2.04. The number of hydrogen-bond donors (Lipinski definition) is 0. The summed E-state index contributed by atoms with van der Waals surface area (Å²) in [6, 6.07) is 0. The number of hydrogen-bond acceptors (Lipinski definition) is 3. The lowest BCUT2D eigenvalue weighted by molar-refractivity contribution is 0.183. The van der Waals surface area contributed by atoms with Crippen LogP contribution in [0, 0.1) is 0 Å². The second-order valence-corrected chi connectivity index (χ2v) is 3.89. The molecule has 1 aromatic heterocycles. The molecule has 0 amide bonds. The van der Waals surface area contributed by atoms with Crippen LogP contribution >= 0.6 is 15.9 Å². The monoisotopic (exact) mass is 233 g/mol. The average molecular weight is 234 g/mol. The number of rotatable bonds is 4. The molecule has 0 N–H and O–H groups in total. The van der Waals surface area contributed by atoms with Crippen molar-refractivity contribution in [2.24, 2.45) is 0 Å². The van der Waals surface area contributed by atoms with Gasteiger partial charge < -0.3 is 4.74 Å². The maximum Gasteiger partial charge on any atom is 0.0960 e. The SMILES string of the molecule is COCCn1cc(C(C)Br)nn1. The molecule has 68 valence electrons. The van der Waals surface area contributed by atoms with Crippen LogP contribution in [-0.2, 0) is 11.3 Å². The quantitative estimate of drug-likeness (QED) is 0.739. The normalized spacial score (nSPS) is 13.2. The van der Waals surface area contributed by atoms with E-state index in [0.29, 0.717) is 6.61 Å². The van der Waals surface area contributed by atoms with Crippen LogP contribution in [-0.4, -0.2) is 28.7 Å². The van der Waals surface area contributed by atoms with Crippen LogP contribution < -0.4 is 0 Å². The van der Waals surface area contributed by atoms with Crippen molar-refractivity contribution in [3.05, 3.63) is 11.9 Å². The Morgan fingerprint density at radius 3 is 3.00 bits per heavy atom. The molecule has 1 heterocycles. The van der Waals surface area contributed by atoms with Gasteiger partial charge in [-0.15, -0.1) is 5.10 Å². The first kappa shape index (κ1) is 9.67. The number of methoxy groups -OCH3 is 1. The van der Waals surface area contributed by atoms with E-state index in [-0.39, 0.29) is 4.83 Å². The third kappa shape index (κ3) is 2.57. The zero-order chi connectivity index (χ0) is 8.97. The van der Waals surface area contributed by atoms with E-state index in [9.17, 15) is 0 Å². The summed E-state index contributed by atoms with van der Waals surface area (Å²) in [6.45, 7) is 3.44. The number of ether oxygens (including phenoxy) is 1. The van der Waals surface area contributed by atoms with Crippen molar-refractivity contribution in [3.63, 3.8) is 0 Å². The molecule has 0 aliphatic heterocycles. The Balaban J connectivity index is 2.52. The molecular weight excluding hydrogens is 222 g/mol. The van der Waals surface area contributed by atoms with Gasteiger partial charge in [0.05, 0.1) is 23.7 Å². The Bertz CT molecular complexity index is 236. The summed E-state index contributed by atoms with van der Waals surface area (Å²) in [7, 11) is 1.67. The number of alkyl halides is 1. The Morgan fingerprint density at radius 2 is 2.50 bits per heavy atom. The highest BCUT2D eigenvalue weighted by Crippen LogP contribution is 2.17. The lowest BCUT2D eigenvalue weighted by Gasteiger charge is -1.97. The molecule has 0 aliphatic carbocycles. The molecule has 0 fully saturated rings. The van der Waals surface area contributed by atoms with Crippen LogP contribution in [0.1, 0.15) is 17.4 Å². The summed E-state index contributed by atoms with van der Waals surface area (Å²) in [6.07, 6.45) is 1.92. The van der Waals surface area contributed by atoms with Gasteiger partial charge in [-0.05, 0) is 6.92 Å². The maximum absolute atomic E-state index is 4.92. The van der Waals surface area contributed by atoms with Crippen molar-refractivity contribution < 1.29 is 4.74 Å². The van der Waals surface area contributed by atoms with Crippen molar-refractivity contribution in [1.29, 1.82) is 0 Å². The van der Waals surface area contributed by atoms with Gasteiger partial charge >= 0.3 is 0 Å². The predicted molar refractivity (Wildman–Crippen MR) is 49.2 cm³/mol. The van der Waals surface area contributed by atoms with Gasteiger partial charge in [0.2, 0.25) is 0 Å². The molecule has 4 nitrogen and oxygen atoms in total. The summed E-state index contributed by atoms with van der Waals surface area (Å²) < 4.78 is 6.69. The van der Waals surface area contributed by atoms with Crippen LogP contribution in [0.2, 0.25) is 0 Å². The summed E-state index contributed by atoms with van der Waals surface area (Å²) in [4.78, 5) is 0.258. The van der Waals surface area contributed by atoms with E-state index in [1.807, 2.05) is 13.1 Å². The molecule has 0 aliphatic rings.